The Morgan fingerprint density at radius 2 is 1.75 bits per heavy atom. The lowest BCUT2D eigenvalue weighted by atomic mass is 9.90. The molecule has 0 bridgehead atoms. The van der Waals surface area contributed by atoms with Crippen molar-refractivity contribution in [1.29, 1.82) is 0 Å². The van der Waals surface area contributed by atoms with Crippen LogP contribution in [0, 0.1) is 20.8 Å². The lowest BCUT2D eigenvalue weighted by Crippen LogP contribution is -2.37. The third-order valence-electron chi connectivity index (χ3n) is 7.04. The fourth-order valence-corrected chi connectivity index (χ4v) is 5.40. The third kappa shape index (κ3) is 2.62. The zero-order chi connectivity index (χ0) is 19.4. The van der Waals surface area contributed by atoms with Gasteiger partial charge in [0.2, 0.25) is 0 Å². The number of hydrogen-bond acceptors (Lipinski definition) is 1. The Kier molecular flexibility index (Phi) is 4.12. The van der Waals surface area contributed by atoms with Crippen LogP contribution in [0.4, 0.5) is 0 Å². The minimum absolute atomic E-state index is 0.753. The van der Waals surface area contributed by atoms with Gasteiger partial charge in [0.15, 0.2) is 6.20 Å². The van der Waals surface area contributed by atoms with Gasteiger partial charge in [-0.3, -0.25) is 0 Å². The molecule has 2 aliphatic carbocycles. The summed E-state index contributed by atoms with van der Waals surface area (Å²) in [5.74, 6) is 1.84. The Morgan fingerprint density at radius 3 is 2.54 bits per heavy atom. The summed E-state index contributed by atoms with van der Waals surface area (Å²) in [6.07, 6.45) is 8.62. The first-order valence-electron chi connectivity index (χ1n) is 10.6. The van der Waals surface area contributed by atoms with E-state index in [1.165, 1.54) is 64.8 Å². The minimum atomic E-state index is 0.753. The Bertz CT molecular complexity index is 1090. The van der Waals surface area contributed by atoms with Crippen LogP contribution in [0.1, 0.15) is 65.1 Å². The maximum absolute atomic E-state index is 4.95. The smallest absolute Gasteiger partial charge is 0.229 e. The molecule has 0 amide bonds. The highest BCUT2D eigenvalue weighted by atomic mass is 15.0. The first-order chi connectivity index (χ1) is 13.5. The fraction of sp³-hybridized carbons (Fsp3) is 0.385. The van der Waals surface area contributed by atoms with Crippen LogP contribution in [0.15, 0.2) is 36.5 Å². The van der Waals surface area contributed by atoms with Crippen molar-refractivity contribution in [2.75, 3.05) is 0 Å². The molecular formula is C26H29N2+. The van der Waals surface area contributed by atoms with Gasteiger partial charge in [-0.05, 0) is 84.0 Å². The van der Waals surface area contributed by atoms with Crippen LogP contribution in [0.25, 0.3) is 22.5 Å². The normalized spacial score (nSPS) is 15.7. The highest BCUT2D eigenvalue weighted by molar-refractivity contribution is 5.76. The molecule has 1 saturated carbocycles. The van der Waals surface area contributed by atoms with E-state index in [2.05, 4.69) is 68.9 Å². The molecule has 1 aromatic heterocycles. The van der Waals surface area contributed by atoms with Crippen LogP contribution < -0.4 is 4.57 Å². The number of fused-ring (bicyclic) bond motifs is 3. The number of aromatic nitrogens is 2. The summed E-state index contributed by atoms with van der Waals surface area (Å²) < 4.78 is 2.34. The first kappa shape index (κ1) is 17.6. The van der Waals surface area contributed by atoms with Crippen molar-refractivity contribution in [2.45, 2.75) is 58.8 Å². The van der Waals surface area contributed by atoms with Gasteiger partial charge in [-0.1, -0.05) is 37.1 Å². The molecule has 2 heteroatoms. The lowest BCUT2D eigenvalue weighted by Gasteiger charge is -2.14. The molecule has 142 valence electrons. The highest BCUT2D eigenvalue weighted by Gasteiger charge is 2.32. The SMILES string of the molecule is Cc1cc(C)c(C)c(-c2ncc3c([n+]2C)Cc2c-3cccc2C2CCCC2)c1. The van der Waals surface area contributed by atoms with Gasteiger partial charge in [-0.25, -0.2) is 4.57 Å². The monoisotopic (exact) mass is 369 g/mol. The van der Waals surface area contributed by atoms with Gasteiger partial charge in [0, 0.05) is 6.42 Å². The van der Waals surface area contributed by atoms with Crippen molar-refractivity contribution in [3.05, 3.63) is 70.0 Å². The van der Waals surface area contributed by atoms with Gasteiger partial charge >= 0.3 is 5.82 Å². The maximum atomic E-state index is 4.95. The van der Waals surface area contributed by atoms with Crippen molar-refractivity contribution in [2.24, 2.45) is 7.05 Å². The molecule has 0 N–H and O–H groups in total. The van der Waals surface area contributed by atoms with Crippen LogP contribution in [-0.2, 0) is 13.5 Å². The second-order valence-electron chi connectivity index (χ2n) is 8.79. The first-order valence-corrected chi connectivity index (χ1v) is 10.6. The topological polar surface area (TPSA) is 16.8 Å². The molecule has 28 heavy (non-hydrogen) atoms. The van der Waals surface area contributed by atoms with Gasteiger partial charge in [0.25, 0.3) is 0 Å². The summed E-state index contributed by atoms with van der Waals surface area (Å²) in [5.41, 5.74) is 12.5. The summed E-state index contributed by atoms with van der Waals surface area (Å²) in [6.45, 7) is 6.59. The summed E-state index contributed by atoms with van der Waals surface area (Å²) in [6, 6.07) is 11.5. The van der Waals surface area contributed by atoms with Crippen LogP contribution in [0.5, 0.6) is 0 Å². The summed E-state index contributed by atoms with van der Waals surface area (Å²) in [4.78, 5) is 4.95. The van der Waals surface area contributed by atoms with Gasteiger partial charge in [-0.2, -0.15) is 0 Å². The van der Waals surface area contributed by atoms with Crippen molar-refractivity contribution in [1.82, 2.24) is 4.98 Å². The second kappa shape index (κ2) is 6.55. The molecule has 3 aromatic rings. The van der Waals surface area contributed by atoms with Crippen LogP contribution >= 0.6 is 0 Å². The van der Waals surface area contributed by atoms with Crippen molar-refractivity contribution >= 4 is 0 Å². The average Bonchev–Trinajstić information content (AvgIpc) is 3.33. The van der Waals surface area contributed by atoms with E-state index in [0.717, 1.165) is 18.2 Å². The number of benzene rings is 2. The van der Waals surface area contributed by atoms with E-state index < -0.39 is 0 Å². The molecule has 2 aliphatic rings. The predicted octanol–water partition coefficient (Wildman–Crippen LogP) is 5.73. The predicted molar refractivity (Wildman–Crippen MR) is 115 cm³/mol. The summed E-state index contributed by atoms with van der Waals surface area (Å²) in [7, 11) is 2.19. The Hall–Kier alpha value is -2.48. The molecule has 2 nitrogen and oxygen atoms in total. The molecule has 1 fully saturated rings. The standard InChI is InChI=1S/C26H29N2/c1-16-12-17(2)18(3)22(13-16)26-27-15-24-21-11-7-10-20(19-8-5-6-9-19)23(21)14-25(24)28(26)4/h7,10-13,15,19H,5-6,8-9,14H2,1-4H3/q+1. The molecule has 0 radical (unpaired) electrons. The molecule has 0 unspecified atom stereocenters. The largest absolute Gasteiger partial charge is 0.330 e. The second-order valence-corrected chi connectivity index (χ2v) is 8.79. The lowest BCUT2D eigenvalue weighted by molar-refractivity contribution is -0.669. The third-order valence-corrected chi connectivity index (χ3v) is 7.04. The zero-order valence-corrected chi connectivity index (χ0v) is 17.5. The van der Waals surface area contributed by atoms with Gasteiger partial charge in [0.05, 0.1) is 18.2 Å². The number of hydrogen-bond donors (Lipinski definition) is 0. The Labute approximate surface area is 168 Å². The molecule has 0 aliphatic heterocycles. The molecular weight excluding hydrogens is 340 g/mol. The average molecular weight is 370 g/mol. The van der Waals surface area contributed by atoms with Crippen molar-refractivity contribution in [3.63, 3.8) is 0 Å². The fourth-order valence-electron chi connectivity index (χ4n) is 5.40. The Morgan fingerprint density at radius 1 is 0.964 bits per heavy atom. The maximum Gasteiger partial charge on any atom is 0.330 e. The van der Waals surface area contributed by atoms with Crippen molar-refractivity contribution < 1.29 is 4.57 Å². The van der Waals surface area contributed by atoms with E-state index in [-0.39, 0.29) is 0 Å². The van der Waals surface area contributed by atoms with Crippen LogP contribution in [0.2, 0.25) is 0 Å². The van der Waals surface area contributed by atoms with Crippen LogP contribution in [0.3, 0.4) is 0 Å². The molecule has 0 saturated heterocycles. The van der Waals surface area contributed by atoms with Gasteiger partial charge in [0.1, 0.15) is 5.69 Å². The van der Waals surface area contributed by atoms with E-state index in [4.69, 9.17) is 4.98 Å². The molecule has 5 rings (SSSR count). The van der Waals surface area contributed by atoms with E-state index in [1.54, 1.807) is 11.1 Å². The number of aryl methyl sites for hydroxylation is 2. The molecule has 0 atom stereocenters. The number of rotatable bonds is 2. The van der Waals surface area contributed by atoms with E-state index >= 15 is 0 Å². The van der Waals surface area contributed by atoms with Crippen molar-refractivity contribution in [3.8, 4) is 22.5 Å². The van der Waals surface area contributed by atoms with Crippen LogP contribution in [-0.4, -0.2) is 4.98 Å². The molecule has 1 heterocycles. The minimum Gasteiger partial charge on any atom is -0.229 e. The Balaban J connectivity index is 1.64. The molecule has 2 aromatic carbocycles. The van der Waals surface area contributed by atoms with E-state index in [0.29, 0.717) is 0 Å². The summed E-state index contributed by atoms with van der Waals surface area (Å²) in [5, 5.41) is 0. The quantitative estimate of drug-likeness (QED) is 0.413. The van der Waals surface area contributed by atoms with Gasteiger partial charge < -0.3 is 0 Å². The number of nitrogens with zero attached hydrogens (tertiary/aromatic N) is 2. The highest BCUT2D eigenvalue weighted by Crippen LogP contribution is 2.43. The van der Waals surface area contributed by atoms with E-state index in [9.17, 15) is 0 Å². The zero-order valence-electron chi connectivity index (χ0n) is 17.5. The van der Waals surface area contributed by atoms with Gasteiger partial charge in [-0.15, -0.1) is 0 Å². The van der Waals surface area contributed by atoms with E-state index in [1.807, 2.05) is 0 Å². The summed E-state index contributed by atoms with van der Waals surface area (Å²) >= 11 is 0. The molecule has 0 spiro atoms.